The number of aromatic nitrogens is 1. The van der Waals surface area contributed by atoms with Gasteiger partial charge in [-0.25, -0.2) is 0 Å². The summed E-state index contributed by atoms with van der Waals surface area (Å²) >= 11 is 0. The van der Waals surface area contributed by atoms with Crippen molar-refractivity contribution in [2.45, 2.75) is 6.54 Å². The number of pyridine rings is 1. The molecule has 0 saturated carbocycles. The third kappa shape index (κ3) is 3.15. The molecule has 0 radical (unpaired) electrons. The fourth-order valence-corrected chi connectivity index (χ4v) is 1.69. The summed E-state index contributed by atoms with van der Waals surface area (Å²) in [6, 6.07) is 16.5. The predicted octanol–water partition coefficient (Wildman–Crippen LogP) is 3.33. The van der Waals surface area contributed by atoms with Crippen LogP contribution in [0.5, 0.6) is 0 Å². The molecule has 0 atom stereocenters. The zero-order valence-electron chi connectivity index (χ0n) is 9.79. The molecule has 0 unspecified atom stereocenters. The molecule has 1 aromatic heterocycles. The highest BCUT2D eigenvalue weighted by atomic mass is 14.9. The van der Waals surface area contributed by atoms with Gasteiger partial charge in [0.25, 0.3) is 0 Å². The van der Waals surface area contributed by atoms with Gasteiger partial charge in [0.15, 0.2) is 12.7 Å². The first-order chi connectivity index (χ1) is 8.40. The Morgan fingerprint density at radius 3 is 2.47 bits per heavy atom. The smallest absolute Gasteiger partial charge is 0.195 e. The van der Waals surface area contributed by atoms with E-state index in [2.05, 4.69) is 47.7 Å². The lowest BCUT2D eigenvalue weighted by Gasteiger charge is -1.96. The lowest BCUT2D eigenvalue weighted by molar-refractivity contribution is -0.688. The van der Waals surface area contributed by atoms with Crippen molar-refractivity contribution >= 4 is 12.2 Å². The second-order valence-electron chi connectivity index (χ2n) is 3.81. The Morgan fingerprint density at radius 2 is 1.71 bits per heavy atom. The van der Waals surface area contributed by atoms with Crippen molar-refractivity contribution in [3.8, 4) is 0 Å². The normalized spacial score (nSPS) is 10.6. The summed E-state index contributed by atoms with van der Waals surface area (Å²) in [5.41, 5.74) is 2.39. The third-order valence-corrected chi connectivity index (χ3v) is 2.55. The molecule has 2 aromatic rings. The number of benzene rings is 1. The molecular formula is C16H16N+. The molecule has 1 nitrogen and oxygen atoms in total. The molecule has 0 bridgehead atoms. The number of nitrogens with zero attached hydrogens (tertiary/aromatic N) is 1. The first-order valence-corrected chi connectivity index (χ1v) is 5.72. The van der Waals surface area contributed by atoms with Crippen molar-refractivity contribution in [1.29, 1.82) is 0 Å². The fraction of sp³-hybridized carbons (Fsp3) is 0.0625. The van der Waals surface area contributed by atoms with Gasteiger partial charge in [0.2, 0.25) is 5.69 Å². The lowest BCUT2D eigenvalue weighted by atomic mass is 10.2. The van der Waals surface area contributed by atoms with Crippen LogP contribution < -0.4 is 4.57 Å². The van der Waals surface area contributed by atoms with E-state index in [0.717, 1.165) is 6.54 Å². The summed E-state index contributed by atoms with van der Waals surface area (Å²) in [5.74, 6) is 0. The molecule has 84 valence electrons. The summed E-state index contributed by atoms with van der Waals surface area (Å²) < 4.78 is 2.16. The topological polar surface area (TPSA) is 3.88 Å². The first-order valence-electron chi connectivity index (χ1n) is 5.72. The van der Waals surface area contributed by atoms with E-state index < -0.39 is 0 Å². The minimum absolute atomic E-state index is 0.829. The Labute approximate surface area is 102 Å². The summed E-state index contributed by atoms with van der Waals surface area (Å²) in [4.78, 5) is 0. The predicted molar refractivity (Wildman–Crippen MR) is 72.2 cm³/mol. The summed E-state index contributed by atoms with van der Waals surface area (Å²) in [6.45, 7) is 4.60. The Bertz CT molecular complexity index is 512. The number of hydrogen-bond acceptors (Lipinski definition) is 0. The van der Waals surface area contributed by atoms with Crippen LogP contribution in [-0.4, -0.2) is 0 Å². The van der Waals surface area contributed by atoms with Crippen molar-refractivity contribution < 1.29 is 4.57 Å². The number of rotatable bonds is 4. The Morgan fingerprint density at radius 1 is 0.941 bits per heavy atom. The molecule has 1 heterocycles. The Kier molecular flexibility index (Phi) is 3.87. The van der Waals surface area contributed by atoms with E-state index >= 15 is 0 Å². The van der Waals surface area contributed by atoms with Gasteiger partial charge in [0.05, 0.1) is 0 Å². The van der Waals surface area contributed by atoms with Gasteiger partial charge in [0.1, 0.15) is 0 Å². The van der Waals surface area contributed by atoms with Crippen LogP contribution in [0.25, 0.3) is 12.2 Å². The lowest BCUT2D eigenvalue weighted by Crippen LogP contribution is -2.35. The van der Waals surface area contributed by atoms with Crippen LogP contribution in [-0.2, 0) is 6.54 Å². The van der Waals surface area contributed by atoms with Crippen LogP contribution in [0.2, 0.25) is 0 Å². The van der Waals surface area contributed by atoms with Gasteiger partial charge >= 0.3 is 0 Å². The molecule has 0 spiro atoms. The number of allylic oxidation sites excluding steroid dienone is 1. The van der Waals surface area contributed by atoms with Crippen LogP contribution in [0.4, 0.5) is 0 Å². The molecule has 0 aliphatic heterocycles. The SMILES string of the molecule is C=CC[n+]1ccccc1C=Cc1ccccc1. The molecule has 17 heavy (non-hydrogen) atoms. The second-order valence-corrected chi connectivity index (χ2v) is 3.81. The van der Waals surface area contributed by atoms with E-state index in [0.29, 0.717) is 0 Å². The molecule has 0 amide bonds. The van der Waals surface area contributed by atoms with Gasteiger partial charge in [-0.1, -0.05) is 36.9 Å². The van der Waals surface area contributed by atoms with Gasteiger partial charge in [0, 0.05) is 18.2 Å². The van der Waals surface area contributed by atoms with E-state index in [1.165, 1.54) is 11.3 Å². The minimum Gasteiger partial charge on any atom is -0.195 e. The monoisotopic (exact) mass is 222 g/mol. The first kappa shape index (κ1) is 11.3. The van der Waals surface area contributed by atoms with Crippen LogP contribution in [0.1, 0.15) is 11.3 Å². The van der Waals surface area contributed by atoms with Gasteiger partial charge < -0.3 is 0 Å². The summed E-state index contributed by atoms with van der Waals surface area (Å²) in [5, 5.41) is 0. The molecule has 0 saturated heterocycles. The van der Waals surface area contributed by atoms with Gasteiger partial charge in [-0.15, -0.1) is 0 Å². The fourth-order valence-electron chi connectivity index (χ4n) is 1.69. The molecule has 0 N–H and O–H groups in total. The molecule has 1 aromatic carbocycles. The van der Waals surface area contributed by atoms with Crippen molar-refractivity contribution in [1.82, 2.24) is 0 Å². The highest BCUT2D eigenvalue weighted by molar-refractivity contribution is 5.66. The van der Waals surface area contributed by atoms with E-state index in [-0.39, 0.29) is 0 Å². The van der Waals surface area contributed by atoms with E-state index in [1.54, 1.807) is 0 Å². The highest BCUT2D eigenvalue weighted by Gasteiger charge is 2.02. The Balaban J connectivity index is 2.24. The maximum Gasteiger partial charge on any atom is 0.205 e. The second kappa shape index (κ2) is 5.80. The Hall–Kier alpha value is -2.15. The van der Waals surface area contributed by atoms with Crippen LogP contribution in [0, 0.1) is 0 Å². The van der Waals surface area contributed by atoms with Crippen LogP contribution in [0.3, 0.4) is 0 Å². The highest BCUT2D eigenvalue weighted by Crippen LogP contribution is 2.04. The van der Waals surface area contributed by atoms with Crippen molar-refractivity contribution in [3.05, 3.63) is 78.6 Å². The van der Waals surface area contributed by atoms with Gasteiger partial charge in [-0.3, -0.25) is 0 Å². The maximum absolute atomic E-state index is 3.77. The summed E-state index contributed by atoms with van der Waals surface area (Å²) in [6.07, 6.45) is 8.21. The molecule has 0 aliphatic rings. The van der Waals surface area contributed by atoms with Gasteiger partial charge in [-0.2, -0.15) is 4.57 Å². The average molecular weight is 222 g/mol. The largest absolute Gasteiger partial charge is 0.205 e. The molecule has 0 aliphatic carbocycles. The number of hydrogen-bond donors (Lipinski definition) is 0. The van der Waals surface area contributed by atoms with Crippen LogP contribution >= 0.6 is 0 Å². The quantitative estimate of drug-likeness (QED) is 0.552. The zero-order valence-corrected chi connectivity index (χ0v) is 9.79. The average Bonchev–Trinajstić information content (AvgIpc) is 2.39. The van der Waals surface area contributed by atoms with Crippen molar-refractivity contribution in [2.75, 3.05) is 0 Å². The van der Waals surface area contributed by atoms with E-state index in [4.69, 9.17) is 0 Å². The van der Waals surface area contributed by atoms with Gasteiger partial charge in [-0.05, 0) is 23.8 Å². The van der Waals surface area contributed by atoms with Crippen molar-refractivity contribution in [3.63, 3.8) is 0 Å². The van der Waals surface area contributed by atoms with Crippen molar-refractivity contribution in [2.24, 2.45) is 0 Å². The van der Waals surface area contributed by atoms with E-state index in [1.807, 2.05) is 36.4 Å². The van der Waals surface area contributed by atoms with Crippen LogP contribution in [0.15, 0.2) is 67.4 Å². The molecular weight excluding hydrogens is 206 g/mol. The van der Waals surface area contributed by atoms with E-state index in [9.17, 15) is 0 Å². The maximum atomic E-state index is 3.77. The standard InChI is InChI=1S/C16H16N/c1-2-13-17-14-7-6-10-16(17)12-11-15-8-4-3-5-9-15/h2-12,14H,1,13H2/q+1. The molecule has 2 rings (SSSR count). The third-order valence-electron chi connectivity index (χ3n) is 2.55. The zero-order chi connectivity index (χ0) is 11.9. The summed E-state index contributed by atoms with van der Waals surface area (Å²) in [7, 11) is 0. The molecule has 0 fully saturated rings. The molecule has 1 heteroatoms. The minimum atomic E-state index is 0.829.